The fourth-order valence-electron chi connectivity index (χ4n) is 1.75. The first kappa shape index (κ1) is 15.0. The highest BCUT2D eigenvalue weighted by molar-refractivity contribution is 6.37. The molecule has 0 unspecified atom stereocenters. The molecule has 0 aliphatic carbocycles. The van der Waals surface area contributed by atoms with Crippen LogP contribution in [0.4, 0.5) is 5.69 Å². The van der Waals surface area contributed by atoms with Crippen molar-refractivity contribution in [3.05, 3.63) is 23.8 Å². The second-order valence-corrected chi connectivity index (χ2v) is 5.30. The van der Waals surface area contributed by atoms with Gasteiger partial charge in [-0.2, -0.15) is 0 Å². The molecular formula is C14H19NO4. The van der Waals surface area contributed by atoms with E-state index in [1.165, 1.54) is 7.05 Å². The molecule has 0 fully saturated rings. The number of rotatable bonds is 2. The Kier molecular flexibility index (Phi) is 4.19. The molecule has 0 atom stereocenters. The fourth-order valence-corrected chi connectivity index (χ4v) is 1.75. The summed E-state index contributed by atoms with van der Waals surface area (Å²) in [4.78, 5) is 23.3. The number of hydrogen-bond donors (Lipinski definition) is 1. The van der Waals surface area contributed by atoms with Crippen LogP contribution in [-0.2, 0) is 15.0 Å². The van der Waals surface area contributed by atoms with Crippen LogP contribution in [-0.4, -0.2) is 31.1 Å². The molecular weight excluding hydrogens is 246 g/mol. The number of ether oxygens (including phenoxy) is 1. The Morgan fingerprint density at radius 2 is 1.84 bits per heavy atom. The zero-order chi connectivity index (χ0) is 14.8. The predicted molar refractivity (Wildman–Crippen MR) is 72.7 cm³/mol. The van der Waals surface area contributed by atoms with Crippen LogP contribution >= 0.6 is 0 Å². The topological polar surface area (TPSA) is 66.8 Å². The number of anilines is 1. The Morgan fingerprint density at radius 3 is 2.26 bits per heavy atom. The van der Waals surface area contributed by atoms with E-state index in [0.29, 0.717) is 11.4 Å². The first-order valence-electron chi connectivity index (χ1n) is 5.88. The van der Waals surface area contributed by atoms with Gasteiger partial charge in [-0.1, -0.05) is 20.8 Å². The summed E-state index contributed by atoms with van der Waals surface area (Å²) in [7, 11) is 3.01. The molecule has 0 saturated carbocycles. The zero-order valence-electron chi connectivity index (χ0n) is 11.9. The highest BCUT2D eigenvalue weighted by Crippen LogP contribution is 2.34. The van der Waals surface area contributed by atoms with Gasteiger partial charge < -0.3 is 14.7 Å². The first-order valence-corrected chi connectivity index (χ1v) is 5.88. The largest absolute Gasteiger partial charge is 0.496 e. The van der Waals surface area contributed by atoms with Crippen molar-refractivity contribution < 1.29 is 19.4 Å². The normalized spacial score (nSPS) is 11.0. The molecule has 0 spiro atoms. The lowest BCUT2D eigenvalue weighted by molar-refractivity contribution is -0.148. The van der Waals surface area contributed by atoms with Gasteiger partial charge >= 0.3 is 11.9 Å². The molecule has 1 aromatic carbocycles. The highest BCUT2D eigenvalue weighted by atomic mass is 16.5. The van der Waals surface area contributed by atoms with Gasteiger partial charge in [0.25, 0.3) is 0 Å². The Labute approximate surface area is 112 Å². The van der Waals surface area contributed by atoms with Crippen molar-refractivity contribution in [3.8, 4) is 5.75 Å². The molecule has 5 nitrogen and oxygen atoms in total. The highest BCUT2D eigenvalue weighted by Gasteiger charge is 2.23. The van der Waals surface area contributed by atoms with E-state index in [-0.39, 0.29) is 5.41 Å². The fraction of sp³-hybridized carbons (Fsp3) is 0.429. The van der Waals surface area contributed by atoms with E-state index < -0.39 is 11.9 Å². The van der Waals surface area contributed by atoms with Crippen LogP contribution < -0.4 is 9.64 Å². The van der Waals surface area contributed by atoms with Crippen molar-refractivity contribution >= 4 is 17.6 Å². The van der Waals surface area contributed by atoms with Crippen LogP contribution in [0.2, 0.25) is 0 Å². The summed E-state index contributed by atoms with van der Waals surface area (Å²) in [6.07, 6.45) is 0. The van der Waals surface area contributed by atoms with E-state index in [4.69, 9.17) is 9.84 Å². The number of nitrogens with zero attached hydrogens (tertiary/aromatic N) is 1. The van der Waals surface area contributed by atoms with Crippen LogP contribution in [0.15, 0.2) is 18.2 Å². The van der Waals surface area contributed by atoms with Crippen molar-refractivity contribution in [3.63, 3.8) is 0 Å². The van der Waals surface area contributed by atoms with E-state index in [1.807, 2.05) is 20.8 Å². The summed E-state index contributed by atoms with van der Waals surface area (Å²) in [5, 5.41) is 8.73. The summed E-state index contributed by atoms with van der Waals surface area (Å²) in [6.45, 7) is 6.06. The summed E-state index contributed by atoms with van der Waals surface area (Å²) in [6, 6.07) is 5.18. The van der Waals surface area contributed by atoms with Crippen LogP contribution in [0, 0.1) is 0 Å². The minimum Gasteiger partial charge on any atom is -0.496 e. The van der Waals surface area contributed by atoms with Crippen molar-refractivity contribution in [2.24, 2.45) is 0 Å². The standard InChI is InChI=1S/C14H19NO4/c1-14(2,3)10-8-9(6-7-11(10)19-5)15(4)12(16)13(17)18/h6-8H,1-5H3,(H,17,18). The smallest absolute Gasteiger partial charge is 0.394 e. The zero-order valence-corrected chi connectivity index (χ0v) is 11.9. The second kappa shape index (κ2) is 5.30. The number of carbonyl (C=O) groups is 2. The molecule has 1 rings (SSSR count). The minimum absolute atomic E-state index is 0.172. The Bertz CT molecular complexity index is 503. The van der Waals surface area contributed by atoms with Gasteiger partial charge in [-0.15, -0.1) is 0 Å². The van der Waals surface area contributed by atoms with Crippen LogP contribution in [0.25, 0.3) is 0 Å². The van der Waals surface area contributed by atoms with Crippen LogP contribution in [0.3, 0.4) is 0 Å². The number of methoxy groups -OCH3 is 1. The lowest BCUT2D eigenvalue weighted by Gasteiger charge is -2.24. The third-order valence-corrected chi connectivity index (χ3v) is 2.87. The molecule has 1 amide bonds. The van der Waals surface area contributed by atoms with Gasteiger partial charge in [-0.3, -0.25) is 4.79 Å². The average molecular weight is 265 g/mol. The molecule has 0 aromatic heterocycles. The summed E-state index contributed by atoms with van der Waals surface area (Å²) < 4.78 is 5.29. The number of hydrogen-bond acceptors (Lipinski definition) is 3. The Balaban J connectivity index is 3.26. The summed E-state index contributed by atoms with van der Waals surface area (Å²) in [5.41, 5.74) is 1.27. The number of amides is 1. The number of benzene rings is 1. The van der Waals surface area contributed by atoms with Crippen molar-refractivity contribution in [2.75, 3.05) is 19.1 Å². The van der Waals surface area contributed by atoms with Gasteiger partial charge in [0.1, 0.15) is 5.75 Å². The van der Waals surface area contributed by atoms with E-state index in [0.717, 1.165) is 10.5 Å². The van der Waals surface area contributed by atoms with Gasteiger partial charge in [-0.25, -0.2) is 4.79 Å². The van der Waals surface area contributed by atoms with Gasteiger partial charge in [-0.05, 0) is 23.6 Å². The van der Waals surface area contributed by atoms with Gasteiger partial charge in [0.05, 0.1) is 7.11 Å². The molecule has 0 bridgehead atoms. The summed E-state index contributed by atoms with van der Waals surface area (Å²) in [5.74, 6) is -1.73. The van der Waals surface area contributed by atoms with Crippen LogP contribution in [0.1, 0.15) is 26.3 Å². The maximum atomic E-state index is 11.5. The molecule has 0 aliphatic rings. The lowest BCUT2D eigenvalue weighted by Crippen LogP contribution is -2.33. The molecule has 0 radical (unpaired) electrons. The van der Waals surface area contributed by atoms with E-state index in [1.54, 1.807) is 25.3 Å². The maximum absolute atomic E-state index is 11.5. The predicted octanol–water partition coefficient (Wildman–Crippen LogP) is 2.04. The molecule has 19 heavy (non-hydrogen) atoms. The maximum Gasteiger partial charge on any atom is 0.394 e. The Morgan fingerprint density at radius 1 is 1.26 bits per heavy atom. The van der Waals surface area contributed by atoms with Gasteiger partial charge in [0, 0.05) is 18.3 Å². The van der Waals surface area contributed by atoms with Crippen molar-refractivity contribution in [2.45, 2.75) is 26.2 Å². The number of carboxylic acid groups (broad SMARTS) is 1. The third-order valence-electron chi connectivity index (χ3n) is 2.87. The lowest BCUT2D eigenvalue weighted by atomic mass is 9.86. The number of aliphatic carboxylic acids is 1. The van der Waals surface area contributed by atoms with E-state index in [9.17, 15) is 9.59 Å². The second-order valence-electron chi connectivity index (χ2n) is 5.30. The molecule has 1 N–H and O–H groups in total. The molecule has 0 saturated heterocycles. The van der Waals surface area contributed by atoms with Gasteiger partial charge in [0.2, 0.25) is 0 Å². The van der Waals surface area contributed by atoms with Crippen molar-refractivity contribution in [1.82, 2.24) is 0 Å². The third kappa shape index (κ3) is 3.24. The van der Waals surface area contributed by atoms with Crippen LogP contribution in [0.5, 0.6) is 5.75 Å². The average Bonchev–Trinajstić information content (AvgIpc) is 2.35. The van der Waals surface area contributed by atoms with E-state index >= 15 is 0 Å². The SMILES string of the molecule is COc1ccc(N(C)C(=O)C(=O)O)cc1C(C)(C)C. The molecule has 5 heteroatoms. The quantitative estimate of drug-likeness (QED) is 0.831. The minimum atomic E-state index is -1.48. The molecule has 104 valence electrons. The Hall–Kier alpha value is -2.04. The number of carboxylic acids is 1. The van der Waals surface area contributed by atoms with Crippen molar-refractivity contribution in [1.29, 1.82) is 0 Å². The molecule has 0 aliphatic heterocycles. The molecule has 1 aromatic rings. The number of carbonyl (C=O) groups excluding carboxylic acids is 1. The van der Waals surface area contributed by atoms with Gasteiger partial charge in [0.15, 0.2) is 0 Å². The summed E-state index contributed by atoms with van der Waals surface area (Å²) >= 11 is 0. The molecule has 0 heterocycles. The first-order chi connectivity index (χ1) is 8.68. The monoisotopic (exact) mass is 265 g/mol. The van der Waals surface area contributed by atoms with E-state index in [2.05, 4.69) is 0 Å². The number of likely N-dealkylation sites (N-methyl/N-ethyl adjacent to an activating group) is 1.